The zero-order valence-electron chi connectivity index (χ0n) is 3.58. The van der Waals surface area contributed by atoms with E-state index in [4.69, 9.17) is 0 Å². The molecule has 0 amide bonds. The van der Waals surface area contributed by atoms with Crippen LogP contribution in [0.1, 0.15) is 0 Å². The van der Waals surface area contributed by atoms with E-state index in [1.165, 1.54) is 3.57 Å². The Bertz CT molecular complexity index is 175. The van der Waals surface area contributed by atoms with Crippen molar-refractivity contribution < 1.29 is 0 Å². The van der Waals surface area contributed by atoms with Crippen LogP contribution in [0, 0.1) is 11.0 Å². The lowest BCUT2D eigenvalue weighted by atomic mass is 10.8. The van der Waals surface area contributed by atoms with Gasteiger partial charge in [-0.05, 0) is 67.8 Å². The predicted molar refractivity (Wildman–Crippen MR) is 56.7 cm³/mol. The van der Waals surface area contributed by atoms with Crippen LogP contribution in [0.4, 0.5) is 0 Å². The summed E-state index contributed by atoms with van der Waals surface area (Å²) >= 11 is 6.66. The topological polar surface area (TPSA) is 28.7 Å². The van der Waals surface area contributed by atoms with Gasteiger partial charge in [0.05, 0.1) is 3.57 Å². The Labute approximate surface area is 87.6 Å². The molecule has 0 unspecified atom stereocenters. The molecule has 0 atom stereocenters. The number of aromatic amines is 1. The van der Waals surface area contributed by atoms with E-state index in [2.05, 4.69) is 78.0 Å². The van der Waals surface area contributed by atoms with E-state index in [-0.39, 0.29) is 0 Å². The molecule has 0 radical (unpaired) electrons. The SMILES string of the molecule is Ic1n[nH]c(I)c1I. The number of hydrogen-bond acceptors (Lipinski definition) is 1. The van der Waals surface area contributed by atoms with Crippen LogP contribution in [0.15, 0.2) is 0 Å². The molecule has 1 rings (SSSR count). The van der Waals surface area contributed by atoms with Gasteiger partial charge in [0.1, 0.15) is 7.40 Å². The van der Waals surface area contributed by atoms with Crippen molar-refractivity contribution >= 4 is 67.8 Å². The van der Waals surface area contributed by atoms with Gasteiger partial charge in [-0.25, -0.2) is 0 Å². The molecule has 0 aliphatic heterocycles. The van der Waals surface area contributed by atoms with Crippen LogP contribution in [0.25, 0.3) is 0 Å². The molecule has 2 nitrogen and oxygen atoms in total. The van der Waals surface area contributed by atoms with Gasteiger partial charge in [0.2, 0.25) is 0 Å². The Hall–Kier alpha value is 1.40. The first-order valence-corrected chi connectivity index (χ1v) is 5.00. The predicted octanol–water partition coefficient (Wildman–Crippen LogP) is 2.22. The van der Waals surface area contributed by atoms with Gasteiger partial charge < -0.3 is 0 Å². The lowest BCUT2D eigenvalue weighted by Crippen LogP contribution is -1.70. The Morgan fingerprint density at radius 3 is 2.00 bits per heavy atom. The maximum atomic E-state index is 3.96. The molecule has 0 aromatic carbocycles. The molecule has 0 fully saturated rings. The Kier molecular flexibility index (Phi) is 2.81. The number of hydrogen-bond donors (Lipinski definition) is 1. The van der Waals surface area contributed by atoms with Crippen molar-refractivity contribution in [2.24, 2.45) is 0 Å². The highest BCUT2D eigenvalue weighted by atomic mass is 127. The highest BCUT2D eigenvalue weighted by molar-refractivity contribution is 14.1. The van der Waals surface area contributed by atoms with Crippen molar-refractivity contribution in [2.75, 3.05) is 0 Å². The Morgan fingerprint density at radius 2 is 1.88 bits per heavy atom. The van der Waals surface area contributed by atoms with Gasteiger partial charge >= 0.3 is 0 Å². The third-order valence-corrected chi connectivity index (χ3v) is 5.30. The van der Waals surface area contributed by atoms with E-state index in [9.17, 15) is 0 Å². The fraction of sp³-hybridized carbons (Fsp3) is 0. The molecule has 1 heterocycles. The van der Waals surface area contributed by atoms with E-state index >= 15 is 0 Å². The second-order valence-corrected chi connectivity index (χ2v) is 4.32. The summed E-state index contributed by atoms with van der Waals surface area (Å²) < 4.78 is 3.38. The quantitative estimate of drug-likeness (QED) is 0.610. The van der Waals surface area contributed by atoms with Gasteiger partial charge in [0.15, 0.2) is 0 Å². The largest absolute Gasteiger partial charge is 0.270 e. The zero-order valence-corrected chi connectivity index (χ0v) is 10.1. The molecule has 8 heavy (non-hydrogen) atoms. The summed E-state index contributed by atoms with van der Waals surface area (Å²) in [6, 6.07) is 0. The normalized spacial score (nSPS) is 9.88. The summed E-state index contributed by atoms with van der Waals surface area (Å²) in [7, 11) is 0. The van der Waals surface area contributed by atoms with E-state index < -0.39 is 0 Å². The third kappa shape index (κ3) is 1.46. The second-order valence-electron chi connectivity index (χ2n) is 1.14. The third-order valence-electron chi connectivity index (χ3n) is 0.626. The highest BCUT2D eigenvalue weighted by Gasteiger charge is 2.01. The second kappa shape index (κ2) is 2.99. The van der Waals surface area contributed by atoms with Crippen LogP contribution in [0.2, 0.25) is 0 Å². The van der Waals surface area contributed by atoms with Crippen molar-refractivity contribution in [1.82, 2.24) is 10.2 Å². The molecule has 5 heteroatoms. The molecule has 0 saturated heterocycles. The monoisotopic (exact) mass is 446 g/mol. The number of aromatic nitrogens is 2. The first kappa shape index (κ1) is 7.51. The molecule has 0 aliphatic rings. The molecule has 1 aromatic heterocycles. The standard InChI is InChI=1S/C3HI3N2/c4-1-2(5)7-8-3(1)6/h(H,7,8). The number of rotatable bonds is 0. The van der Waals surface area contributed by atoms with Crippen molar-refractivity contribution in [3.05, 3.63) is 11.0 Å². The van der Waals surface area contributed by atoms with Crippen molar-refractivity contribution in [3.63, 3.8) is 0 Å². The number of nitrogens with one attached hydrogen (secondary N) is 1. The van der Waals surface area contributed by atoms with Crippen LogP contribution in [-0.4, -0.2) is 10.2 Å². The van der Waals surface area contributed by atoms with Crippen molar-refractivity contribution in [3.8, 4) is 0 Å². The Morgan fingerprint density at radius 1 is 1.25 bits per heavy atom. The Balaban J connectivity index is 3.19. The molecule has 0 aliphatic carbocycles. The molecule has 1 N–H and O–H groups in total. The van der Waals surface area contributed by atoms with Gasteiger partial charge in [0.25, 0.3) is 0 Å². The molecule has 44 valence electrons. The first-order valence-electron chi connectivity index (χ1n) is 1.76. The van der Waals surface area contributed by atoms with Crippen molar-refractivity contribution in [2.45, 2.75) is 0 Å². The van der Waals surface area contributed by atoms with Crippen LogP contribution < -0.4 is 0 Å². The molecule has 0 spiro atoms. The summed E-state index contributed by atoms with van der Waals surface area (Å²) in [6.45, 7) is 0. The van der Waals surface area contributed by atoms with Gasteiger partial charge in [0, 0.05) is 0 Å². The summed E-state index contributed by atoms with van der Waals surface area (Å²) in [4.78, 5) is 0. The molecular weight excluding hydrogens is 445 g/mol. The lowest BCUT2D eigenvalue weighted by Gasteiger charge is -1.77. The van der Waals surface area contributed by atoms with Crippen LogP contribution >= 0.6 is 67.8 Å². The summed E-state index contributed by atoms with van der Waals surface area (Å²) in [5.41, 5.74) is 0. The van der Waals surface area contributed by atoms with Crippen LogP contribution in [0.5, 0.6) is 0 Å². The van der Waals surface area contributed by atoms with E-state index in [1.807, 2.05) is 0 Å². The average molecular weight is 446 g/mol. The molecule has 1 aromatic rings. The fourth-order valence-electron chi connectivity index (χ4n) is 0.287. The van der Waals surface area contributed by atoms with Gasteiger partial charge in [-0.2, -0.15) is 5.10 Å². The van der Waals surface area contributed by atoms with Crippen molar-refractivity contribution in [1.29, 1.82) is 0 Å². The molecule has 0 bridgehead atoms. The smallest absolute Gasteiger partial charge is 0.137 e. The van der Waals surface area contributed by atoms with Gasteiger partial charge in [-0.3, -0.25) is 5.10 Å². The minimum absolute atomic E-state index is 1.05. The van der Waals surface area contributed by atoms with Crippen LogP contribution in [-0.2, 0) is 0 Å². The molecule has 0 saturated carbocycles. The first-order chi connectivity index (χ1) is 3.72. The summed E-state index contributed by atoms with van der Waals surface area (Å²) in [5, 5.41) is 6.82. The number of halogens is 3. The van der Waals surface area contributed by atoms with Gasteiger partial charge in [-0.15, -0.1) is 0 Å². The zero-order chi connectivity index (χ0) is 6.15. The van der Waals surface area contributed by atoms with E-state index in [0.717, 1.165) is 7.40 Å². The molecular formula is C3HI3N2. The number of nitrogens with zero attached hydrogens (tertiary/aromatic N) is 1. The highest BCUT2D eigenvalue weighted by Crippen LogP contribution is 2.16. The summed E-state index contributed by atoms with van der Waals surface area (Å²) in [5.74, 6) is 0. The van der Waals surface area contributed by atoms with Crippen LogP contribution in [0.3, 0.4) is 0 Å². The maximum Gasteiger partial charge on any atom is 0.137 e. The van der Waals surface area contributed by atoms with Gasteiger partial charge in [-0.1, -0.05) is 0 Å². The maximum absolute atomic E-state index is 3.96. The van der Waals surface area contributed by atoms with E-state index in [0.29, 0.717) is 0 Å². The summed E-state index contributed by atoms with van der Waals surface area (Å²) in [6.07, 6.45) is 0. The lowest BCUT2D eigenvalue weighted by molar-refractivity contribution is 1.05. The van der Waals surface area contributed by atoms with E-state index in [1.54, 1.807) is 0 Å². The minimum Gasteiger partial charge on any atom is -0.270 e. The number of H-pyrrole nitrogens is 1. The fourth-order valence-corrected chi connectivity index (χ4v) is 1.81. The average Bonchev–Trinajstić information content (AvgIpc) is 1.98. The minimum atomic E-state index is 1.05.